The van der Waals surface area contributed by atoms with Crippen molar-refractivity contribution in [2.24, 2.45) is 0 Å². The second-order valence-corrected chi connectivity index (χ2v) is 9.13. The first-order chi connectivity index (χ1) is 11.3. The minimum absolute atomic E-state index is 0.0523. The molecule has 0 unspecified atom stereocenters. The van der Waals surface area contributed by atoms with Crippen molar-refractivity contribution in [3.05, 3.63) is 36.1 Å². The summed E-state index contributed by atoms with van der Waals surface area (Å²) >= 11 is 0. The summed E-state index contributed by atoms with van der Waals surface area (Å²) in [6.07, 6.45) is 1.68. The topological polar surface area (TPSA) is 110 Å². The van der Waals surface area contributed by atoms with E-state index in [1.54, 1.807) is 6.92 Å². The van der Waals surface area contributed by atoms with Gasteiger partial charge < -0.3 is 4.52 Å². The molecule has 0 spiro atoms. The van der Waals surface area contributed by atoms with Crippen LogP contribution in [0, 0.1) is 6.92 Å². The van der Waals surface area contributed by atoms with E-state index < -0.39 is 20.0 Å². The summed E-state index contributed by atoms with van der Waals surface area (Å²) in [5.74, 6) is 0.543. The molecule has 1 N–H and O–H groups in total. The summed E-state index contributed by atoms with van der Waals surface area (Å²) in [7, 11) is -7.43. The van der Waals surface area contributed by atoms with Crippen molar-refractivity contribution in [2.45, 2.75) is 29.6 Å². The fourth-order valence-electron chi connectivity index (χ4n) is 2.48. The van der Waals surface area contributed by atoms with Crippen LogP contribution in [0.4, 0.5) is 5.82 Å². The molecule has 1 aliphatic rings. The van der Waals surface area contributed by atoms with E-state index in [-0.39, 0.29) is 15.6 Å². The summed E-state index contributed by atoms with van der Waals surface area (Å²) in [5, 5.41) is 3.57. The van der Waals surface area contributed by atoms with E-state index in [0.29, 0.717) is 18.8 Å². The minimum Gasteiger partial charge on any atom is -0.360 e. The van der Waals surface area contributed by atoms with Crippen LogP contribution in [0.3, 0.4) is 0 Å². The Morgan fingerprint density at radius 1 is 1.04 bits per heavy atom. The van der Waals surface area contributed by atoms with Crippen molar-refractivity contribution < 1.29 is 21.4 Å². The summed E-state index contributed by atoms with van der Waals surface area (Å²) in [6, 6.07) is 6.58. The lowest BCUT2D eigenvalue weighted by molar-refractivity contribution is 0.400. The smallest absolute Gasteiger partial charge is 0.263 e. The van der Waals surface area contributed by atoms with Crippen LogP contribution in [0.25, 0.3) is 0 Å². The maximum atomic E-state index is 12.4. The Bertz CT molecular complexity index is 927. The van der Waals surface area contributed by atoms with E-state index in [0.717, 1.165) is 12.8 Å². The van der Waals surface area contributed by atoms with Gasteiger partial charge in [-0.15, -0.1) is 0 Å². The van der Waals surface area contributed by atoms with Crippen molar-refractivity contribution >= 4 is 25.9 Å². The molecule has 1 saturated heterocycles. The molecule has 1 aliphatic heterocycles. The Kier molecular flexibility index (Phi) is 4.37. The maximum Gasteiger partial charge on any atom is 0.263 e. The SMILES string of the molecule is Cc1cc(NS(=O)(=O)c2ccc(S(=O)(=O)N3CCCC3)cc2)no1. The molecule has 0 radical (unpaired) electrons. The lowest BCUT2D eigenvalue weighted by Gasteiger charge is -2.15. The molecular formula is C14H17N3O5S2. The maximum absolute atomic E-state index is 12.4. The Balaban J connectivity index is 1.83. The van der Waals surface area contributed by atoms with Crippen LogP contribution in [0.1, 0.15) is 18.6 Å². The first-order valence-electron chi connectivity index (χ1n) is 7.35. The van der Waals surface area contributed by atoms with E-state index in [2.05, 4.69) is 9.88 Å². The molecule has 2 aromatic rings. The molecule has 0 aliphatic carbocycles. The predicted molar refractivity (Wildman–Crippen MR) is 86.5 cm³/mol. The standard InChI is InChI=1S/C14H17N3O5S2/c1-11-10-14(15-22-11)16-23(18,19)12-4-6-13(7-5-12)24(20,21)17-8-2-3-9-17/h4-7,10H,2-3,8-9H2,1H3,(H,15,16). The van der Waals surface area contributed by atoms with Gasteiger partial charge in [-0.3, -0.25) is 4.72 Å². The van der Waals surface area contributed by atoms with E-state index in [1.165, 1.54) is 34.6 Å². The van der Waals surface area contributed by atoms with Gasteiger partial charge in [0.2, 0.25) is 10.0 Å². The lowest BCUT2D eigenvalue weighted by atomic mass is 10.4. The van der Waals surface area contributed by atoms with Gasteiger partial charge in [-0.1, -0.05) is 5.16 Å². The molecule has 1 aromatic carbocycles. The fourth-order valence-corrected chi connectivity index (χ4v) is 4.98. The Labute approximate surface area is 140 Å². The van der Waals surface area contributed by atoms with Crippen molar-refractivity contribution in [1.29, 1.82) is 0 Å². The number of nitrogens with one attached hydrogen (secondary N) is 1. The average molecular weight is 371 g/mol. The van der Waals surface area contributed by atoms with E-state index in [9.17, 15) is 16.8 Å². The van der Waals surface area contributed by atoms with Gasteiger partial charge >= 0.3 is 0 Å². The van der Waals surface area contributed by atoms with Crippen LogP contribution in [0.15, 0.2) is 44.6 Å². The highest BCUT2D eigenvalue weighted by Gasteiger charge is 2.27. The van der Waals surface area contributed by atoms with Gasteiger partial charge in [0.05, 0.1) is 9.79 Å². The van der Waals surface area contributed by atoms with Crippen LogP contribution in [0.5, 0.6) is 0 Å². The van der Waals surface area contributed by atoms with E-state index in [1.807, 2.05) is 0 Å². The second-order valence-electron chi connectivity index (χ2n) is 5.51. The normalized spacial score (nSPS) is 16.4. The zero-order valence-electron chi connectivity index (χ0n) is 13.0. The predicted octanol–water partition coefficient (Wildman–Crippen LogP) is 1.57. The molecule has 0 atom stereocenters. The number of aryl methyl sites for hydroxylation is 1. The lowest BCUT2D eigenvalue weighted by Crippen LogP contribution is -2.27. The molecule has 2 heterocycles. The van der Waals surface area contributed by atoms with Gasteiger partial charge in [-0.05, 0) is 44.0 Å². The Hall–Kier alpha value is -1.91. The van der Waals surface area contributed by atoms with Gasteiger partial charge in [-0.25, -0.2) is 16.8 Å². The number of sulfonamides is 2. The third-order valence-electron chi connectivity index (χ3n) is 3.70. The Morgan fingerprint density at radius 2 is 1.62 bits per heavy atom. The van der Waals surface area contributed by atoms with Crippen LogP contribution < -0.4 is 4.72 Å². The van der Waals surface area contributed by atoms with Gasteiger partial charge in [0, 0.05) is 19.2 Å². The van der Waals surface area contributed by atoms with E-state index >= 15 is 0 Å². The van der Waals surface area contributed by atoms with Gasteiger partial charge in [0.15, 0.2) is 5.82 Å². The first-order valence-corrected chi connectivity index (χ1v) is 10.3. The number of nitrogens with zero attached hydrogens (tertiary/aromatic N) is 2. The van der Waals surface area contributed by atoms with Crippen molar-refractivity contribution in [3.8, 4) is 0 Å². The van der Waals surface area contributed by atoms with Gasteiger partial charge in [0.25, 0.3) is 10.0 Å². The third-order valence-corrected chi connectivity index (χ3v) is 6.99. The Morgan fingerprint density at radius 3 is 2.17 bits per heavy atom. The molecule has 0 bridgehead atoms. The minimum atomic E-state index is -3.86. The highest BCUT2D eigenvalue weighted by molar-refractivity contribution is 7.92. The van der Waals surface area contributed by atoms with Crippen LogP contribution in [-0.2, 0) is 20.0 Å². The number of aromatic nitrogens is 1. The van der Waals surface area contributed by atoms with E-state index in [4.69, 9.17) is 4.52 Å². The fraction of sp³-hybridized carbons (Fsp3) is 0.357. The summed E-state index contributed by atoms with van der Waals surface area (Å²) in [5.41, 5.74) is 0. The highest BCUT2D eigenvalue weighted by Crippen LogP contribution is 2.23. The molecule has 130 valence electrons. The van der Waals surface area contributed by atoms with Crippen LogP contribution in [-0.4, -0.2) is 39.4 Å². The second kappa shape index (κ2) is 6.19. The molecule has 0 saturated carbocycles. The highest BCUT2D eigenvalue weighted by atomic mass is 32.2. The largest absolute Gasteiger partial charge is 0.360 e. The molecule has 1 fully saturated rings. The average Bonchev–Trinajstić information content (AvgIpc) is 3.19. The summed E-state index contributed by atoms with van der Waals surface area (Å²) < 4.78 is 57.9. The number of hydrogen-bond donors (Lipinski definition) is 1. The molecule has 1 aromatic heterocycles. The quantitative estimate of drug-likeness (QED) is 0.854. The van der Waals surface area contributed by atoms with Gasteiger partial charge in [0.1, 0.15) is 5.76 Å². The molecule has 24 heavy (non-hydrogen) atoms. The monoisotopic (exact) mass is 371 g/mol. The zero-order chi connectivity index (χ0) is 17.4. The third kappa shape index (κ3) is 3.30. The first kappa shape index (κ1) is 16.9. The van der Waals surface area contributed by atoms with Crippen molar-refractivity contribution in [3.63, 3.8) is 0 Å². The zero-order valence-corrected chi connectivity index (χ0v) is 14.6. The number of hydrogen-bond acceptors (Lipinski definition) is 6. The molecule has 0 amide bonds. The number of rotatable bonds is 5. The summed E-state index contributed by atoms with van der Waals surface area (Å²) in [4.78, 5) is 0.0316. The molecule has 3 rings (SSSR count). The van der Waals surface area contributed by atoms with Crippen LogP contribution in [0.2, 0.25) is 0 Å². The van der Waals surface area contributed by atoms with Crippen molar-refractivity contribution in [2.75, 3.05) is 17.8 Å². The number of anilines is 1. The van der Waals surface area contributed by atoms with Crippen LogP contribution >= 0.6 is 0 Å². The van der Waals surface area contributed by atoms with Crippen molar-refractivity contribution in [1.82, 2.24) is 9.46 Å². The molecule has 8 nitrogen and oxygen atoms in total. The molecule has 10 heteroatoms. The van der Waals surface area contributed by atoms with Gasteiger partial charge in [-0.2, -0.15) is 4.31 Å². The molecular weight excluding hydrogens is 354 g/mol. The summed E-state index contributed by atoms with van der Waals surface area (Å²) in [6.45, 7) is 2.63. The number of benzene rings is 1.